The molecule has 1 aliphatic heterocycles. The van der Waals surface area contributed by atoms with Crippen LogP contribution in [-0.2, 0) is 19.1 Å². The second-order valence-corrected chi connectivity index (χ2v) is 7.02. The number of carbonyl (C=O) groups excluding carboxylic acids is 2. The molecule has 0 unspecified atom stereocenters. The molecule has 108 valence electrons. The van der Waals surface area contributed by atoms with Crippen LogP contribution >= 0.6 is 0 Å². The summed E-state index contributed by atoms with van der Waals surface area (Å²) in [6.07, 6.45) is 5.28. The zero-order chi connectivity index (χ0) is 14.3. The van der Waals surface area contributed by atoms with E-state index in [0.29, 0.717) is 6.61 Å². The minimum Gasteiger partial charge on any atom is -0.373 e. The topological polar surface area (TPSA) is 55.9 Å². The van der Waals surface area contributed by atoms with E-state index in [-0.39, 0.29) is 29.0 Å². The van der Waals surface area contributed by atoms with Crippen molar-refractivity contribution in [3.8, 4) is 0 Å². The first-order valence-corrected chi connectivity index (χ1v) is 7.47. The Balaban J connectivity index is 1.86. The first-order valence-electron chi connectivity index (χ1n) is 7.47. The van der Waals surface area contributed by atoms with Crippen molar-refractivity contribution in [1.29, 1.82) is 0 Å². The molecule has 20 heavy (non-hydrogen) atoms. The van der Waals surface area contributed by atoms with Gasteiger partial charge in [0.1, 0.15) is 0 Å². The minimum atomic E-state index is -0.904. The molecule has 0 aromatic carbocycles. The van der Waals surface area contributed by atoms with Gasteiger partial charge >= 0.3 is 0 Å². The van der Waals surface area contributed by atoms with E-state index in [0.717, 1.165) is 12.8 Å². The largest absolute Gasteiger partial charge is 0.373 e. The second kappa shape index (κ2) is 3.42. The summed E-state index contributed by atoms with van der Waals surface area (Å²) < 4.78 is 11.3. The van der Waals surface area contributed by atoms with E-state index in [1.54, 1.807) is 6.92 Å². The Labute approximate surface area is 118 Å². The van der Waals surface area contributed by atoms with Gasteiger partial charge in [-0.1, -0.05) is 12.2 Å². The molecule has 2 saturated carbocycles. The zero-order valence-corrected chi connectivity index (χ0v) is 12.1. The summed E-state index contributed by atoms with van der Waals surface area (Å²) in [6, 6.07) is 0. The lowest BCUT2D eigenvalue weighted by atomic mass is 9.53. The molecule has 0 N–H and O–H groups in total. The highest BCUT2D eigenvalue weighted by molar-refractivity contribution is 6.11. The molecule has 3 fully saturated rings. The van der Waals surface area contributed by atoms with E-state index in [4.69, 9.17) is 9.47 Å². The molecular formula is C16H20O4. The molecule has 0 aromatic heterocycles. The fourth-order valence-corrected chi connectivity index (χ4v) is 4.58. The molecule has 1 saturated heterocycles. The maximum atomic E-state index is 13.0. The third kappa shape index (κ3) is 1.21. The van der Waals surface area contributed by atoms with Crippen molar-refractivity contribution in [2.75, 3.05) is 6.61 Å². The third-order valence-corrected chi connectivity index (χ3v) is 5.83. The normalized spacial score (nSPS) is 50.9. The highest BCUT2D eigenvalue weighted by Gasteiger charge is 2.78. The van der Waals surface area contributed by atoms with Crippen LogP contribution < -0.4 is 0 Å². The average molecular weight is 276 g/mol. The molecular weight excluding hydrogens is 256 g/mol. The Morgan fingerprint density at radius 3 is 2.65 bits per heavy atom. The van der Waals surface area contributed by atoms with Crippen LogP contribution in [0.4, 0.5) is 0 Å². The quantitative estimate of drug-likeness (QED) is 0.568. The van der Waals surface area contributed by atoms with Gasteiger partial charge in [-0.3, -0.25) is 9.59 Å². The van der Waals surface area contributed by atoms with Gasteiger partial charge in [0.2, 0.25) is 0 Å². The number of Topliss-reactive ketones (excluding diaryl/α,β-unsaturated/α-hetero) is 2. The monoisotopic (exact) mass is 276 g/mol. The van der Waals surface area contributed by atoms with Crippen molar-refractivity contribution in [2.45, 2.75) is 51.4 Å². The van der Waals surface area contributed by atoms with E-state index in [1.165, 1.54) is 0 Å². The van der Waals surface area contributed by atoms with E-state index < -0.39 is 17.1 Å². The highest BCUT2D eigenvalue weighted by Crippen LogP contribution is 2.68. The van der Waals surface area contributed by atoms with E-state index in [9.17, 15) is 9.59 Å². The number of rotatable bonds is 2. The molecule has 4 nitrogen and oxygen atoms in total. The average Bonchev–Trinajstić information content (AvgIpc) is 3.30. The summed E-state index contributed by atoms with van der Waals surface area (Å²) in [7, 11) is 0. The molecule has 1 spiro atoms. The fraction of sp³-hybridized carbons (Fsp3) is 0.750. The predicted octanol–water partition coefficient (Wildman–Crippen LogP) is 1.67. The highest BCUT2D eigenvalue weighted by atomic mass is 16.6. The number of fused-ring (bicyclic) bond motifs is 3. The molecule has 4 heteroatoms. The molecule has 0 aromatic rings. The molecule has 0 radical (unpaired) electrons. The van der Waals surface area contributed by atoms with Crippen molar-refractivity contribution in [1.82, 2.24) is 0 Å². The molecule has 0 amide bonds. The SMILES string of the molecule is CCO[C@H]1C=CC2(CC2)[C@H]2C(=O)[C@@H]3O[C@]3(C)C(=O)[C@@]12C. The molecule has 4 rings (SSSR count). The standard InChI is InChI=1S/C16H20O4/c1-4-19-9-5-6-16(7-8-16)11-10(17)12-15(3,20-12)13(18)14(9,11)2/h5-6,9,11-12H,4,7-8H2,1-3H3/t9-,11-,12-,14-,15-/m0/s1. The van der Waals surface area contributed by atoms with Crippen molar-refractivity contribution >= 4 is 11.6 Å². The third-order valence-electron chi connectivity index (χ3n) is 5.83. The van der Waals surface area contributed by atoms with Crippen LogP contribution in [0.5, 0.6) is 0 Å². The summed E-state index contributed by atoms with van der Waals surface area (Å²) >= 11 is 0. The van der Waals surface area contributed by atoms with Crippen molar-refractivity contribution in [3.05, 3.63) is 12.2 Å². The van der Waals surface area contributed by atoms with Gasteiger partial charge in [-0.2, -0.15) is 0 Å². The van der Waals surface area contributed by atoms with Crippen LogP contribution in [0.15, 0.2) is 12.2 Å². The smallest absolute Gasteiger partial charge is 0.177 e. The Kier molecular flexibility index (Phi) is 2.18. The minimum absolute atomic E-state index is 0.0497. The molecule has 1 heterocycles. The van der Waals surface area contributed by atoms with Crippen molar-refractivity contribution in [3.63, 3.8) is 0 Å². The van der Waals surface area contributed by atoms with E-state index >= 15 is 0 Å². The first kappa shape index (κ1) is 12.7. The van der Waals surface area contributed by atoms with Crippen LogP contribution in [-0.4, -0.2) is 36.0 Å². The number of hydrogen-bond acceptors (Lipinski definition) is 4. The number of epoxide rings is 1. The zero-order valence-electron chi connectivity index (χ0n) is 12.1. The number of ketones is 2. The molecule has 3 aliphatic carbocycles. The Morgan fingerprint density at radius 2 is 2.05 bits per heavy atom. The van der Waals surface area contributed by atoms with Gasteiger partial charge in [-0.25, -0.2) is 0 Å². The van der Waals surface area contributed by atoms with Crippen LogP contribution in [0.1, 0.15) is 33.6 Å². The Morgan fingerprint density at radius 1 is 1.35 bits per heavy atom. The number of carbonyl (C=O) groups is 2. The Bertz CT molecular complexity index is 547. The van der Waals surface area contributed by atoms with Gasteiger partial charge < -0.3 is 9.47 Å². The molecule has 0 bridgehead atoms. The van der Waals surface area contributed by atoms with E-state index in [1.807, 2.05) is 19.9 Å². The van der Waals surface area contributed by atoms with Gasteiger partial charge in [0.15, 0.2) is 23.3 Å². The lowest BCUT2D eigenvalue weighted by Gasteiger charge is -2.48. The molecule has 4 aliphatic rings. The van der Waals surface area contributed by atoms with Crippen LogP contribution in [0.25, 0.3) is 0 Å². The number of allylic oxidation sites excluding steroid dienone is 1. The summed E-state index contributed by atoms with van der Waals surface area (Å²) in [5, 5.41) is 0. The van der Waals surface area contributed by atoms with Crippen LogP contribution in [0.3, 0.4) is 0 Å². The predicted molar refractivity (Wildman–Crippen MR) is 71.1 cm³/mol. The van der Waals surface area contributed by atoms with Gasteiger partial charge in [0, 0.05) is 12.5 Å². The van der Waals surface area contributed by atoms with Gasteiger partial charge in [0.05, 0.1) is 11.5 Å². The fourth-order valence-electron chi connectivity index (χ4n) is 4.58. The van der Waals surface area contributed by atoms with Gasteiger partial charge in [0.25, 0.3) is 0 Å². The lowest BCUT2D eigenvalue weighted by Crippen LogP contribution is -2.62. The maximum absolute atomic E-state index is 13.0. The van der Waals surface area contributed by atoms with Crippen molar-refractivity contribution < 1.29 is 19.1 Å². The Hall–Kier alpha value is -1.00. The van der Waals surface area contributed by atoms with Crippen LogP contribution in [0.2, 0.25) is 0 Å². The van der Waals surface area contributed by atoms with Gasteiger partial charge in [-0.05, 0) is 39.0 Å². The number of hydrogen-bond donors (Lipinski definition) is 0. The van der Waals surface area contributed by atoms with Crippen molar-refractivity contribution in [2.24, 2.45) is 16.7 Å². The summed E-state index contributed by atoms with van der Waals surface area (Å²) in [5.74, 6) is -0.112. The molecule has 5 atom stereocenters. The maximum Gasteiger partial charge on any atom is 0.177 e. The lowest BCUT2D eigenvalue weighted by molar-refractivity contribution is -0.158. The van der Waals surface area contributed by atoms with E-state index in [2.05, 4.69) is 6.08 Å². The second-order valence-electron chi connectivity index (χ2n) is 7.02. The summed E-state index contributed by atoms with van der Waals surface area (Å²) in [5.41, 5.74) is -1.79. The summed E-state index contributed by atoms with van der Waals surface area (Å²) in [4.78, 5) is 25.8. The van der Waals surface area contributed by atoms with Crippen LogP contribution in [0, 0.1) is 16.7 Å². The van der Waals surface area contributed by atoms with Gasteiger partial charge in [-0.15, -0.1) is 0 Å². The summed E-state index contributed by atoms with van der Waals surface area (Å²) in [6.45, 7) is 6.11. The first-order chi connectivity index (χ1) is 9.40. The number of ether oxygens (including phenoxy) is 2.